The summed E-state index contributed by atoms with van der Waals surface area (Å²) in [6.45, 7) is 11.3. The van der Waals surface area contributed by atoms with E-state index in [0.717, 1.165) is 18.9 Å². The van der Waals surface area contributed by atoms with Gasteiger partial charge in [-0.1, -0.05) is 226 Å². The van der Waals surface area contributed by atoms with Crippen molar-refractivity contribution in [3.05, 3.63) is 0 Å². The molecule has 0 saturated heterocycles. The van der Waals surface area contributed by atoms with E-state index in [0.29, 0.717) is 6.54 Å². The molecule has 2 N–H and O–H groups in total. The van der Waals surface area contributed by atoms with Crippen LogP contribution in [0.2, 0.25) is 0 Å². The molecule has 278 valence electrons. The van der Waals surface area contributed by atoms with Crippen molar-refractivity contribution in [3.63, 3.8) is 0 Å². The molecule has 0 aliphatic rings. The first-order valence-electron chi connectivity index (χ1n) is 21.9. The molecular formula is C43H90N2O. The van der Waals surface area contributed by atoms with E-state index >= 15 is 0 Å². The highest BCUT2D eigenvalue weighted by Gasteiger charge is 2.09. The molecule has 0 bridgehead atoms. The second-order valence-corrected chi connectivity index (χ2v) is 15.2. The van der Waals surface area contributed by atoms with E-state index in [4.69, 9.17) is 5.21 Å². The van der Waals surface area contributed by atoms with Gasteiger partial charge >= 0.3 is 0 Å². The lowest BCUT2D eigenvalue weighted by molar-refractivity contribution is 0.157. The van der Waals surface area contributed by atoms with Gasteiger partial charge in [0, 0.05) is 6.54 Å². The Kier molecular flexibility index (Phi) is 40.9. The van der Waals surface area contributed by atoms with Crippen LogP contribution in [0.4, 0.5) is 0 Å². The Bertz CT molecular complexity index is 511. The van der Waals surface area contributed by atoms with E-state index in [1.165, 1.54) is 231 Å². The molecule has 0 fully saturated rings. The third-order valence-corrected chi connectivity index (χ3v) is 10.6. The van der Waals surface area contributed by atoms with Gasteiger partial charge in [0.2, 0.25) is 0 Å². The van der Waals surface area contributed by atoms with Crippen molar-refractivity contribution in [3.8, 4) is 0 Å². The largest absolute Gasteiger partial charge is 0.317 e. The molecule has 3 nitrogen and oxygen atoms in total. The summed E-state index contributed by atoms with van der Waals surface area (Å²) in [5, 5.41) is 9.04. The van der Waals surface area contributed by atoms with E-state index in [9.17, 15) is 0 Å². The van der Waals surface area contributed by atoms with Gasteiger partial charge in [-0.2, -0.15) is 0 Å². The van der Waals surface area contributed by atoms with E-state index in [-0.39, 0.29) is 0 Å². The summed E-state index contributed by atoms with van der Waals surface area (Å²) < 4.78 is 0. The first-order chi connectivity index (χ1) is 22.8. The minimum Gasteiger partial charge on any atom is -0.317 e. The molecule has 0 aliphatic carbocycles. The number of hydrogen-bond donors (Lipinski definition) is 2. The maximum Gasteiger partial charge on any atom is 0.0219 e. The Morgan fingerprint density at radius 3 is 0.913 bits per heavy atom. The number of nitrogens with zero attached hydrogens (tertiary/aromatic N) is 1. The zero-order chi connectivity index (χ0) is 33.4. The van der Waals surface area contributed by atoms with Gasteiger partial charge in [-0.25, -0.2) is 5.48 Å². The molecule has 0 atom stereocenters. The monoisotopic (exact) mass is 651 g/mol. The summed E-state index contributed by atoms with van der Waals surface area (Å²) in [6.07, 6.45) is 49.9. The van der Waals surface area contributed by atoms with Crippen LogP contribution in [-0.4, -0.2) is 36.3 Å². The smallest absolute Gasteiger partial charge is 0.0219 e. The Balaban J connectivity index is 4.01. The number of hydrogen-bond acceptors (Lipinski definition) is 3. The Morgan fingerprint density at radius 1 is 0.348 bits per heavy atom. The van der Waals surface area contributed by atoms with Gasteiger partial charge in [0.15, 0.2) is 0 Å². The molecule has 0 amide bonds. The highest BCUT2D eigenvalue weighted by Crippen LogP contribution is 2.25. The van der Waals surface area contributed by atoms with Gasteiger partial charge in [-0.05, 0) is 44.8 Å². The minimum absolute atomic E-state index is 0.716. The minimum atomic E-state index is 0.716. The van der Waals surface area contributed by atoms with Gasteiger partial charge in [-0.15, -0.1) is 0 Å². The average molecular weight is 651 g/mol. The number of hydroxylamine groups is 1. The summed E-state index contributed by atoms with van der Waals surface area (Å²) in [5.41, 5.74) is 2.36. The molecular weight excluding hydrogens is 560 g/mol. The number of unbranched alkanes of at least 4 members (excludes halogenated alkanes) is 27. The average Bonchev–Trinajstić information content (AvgIpc) is 3.06. The van der Waals surface area contributed by atoms with Crippen molar-refractivity contribution in [2.45, 2.75) is 245 Å². The van der Waals surface area contributed by atoms with Crippen molar-refractivity contribution in [1.82, 2.24) is 10.4 Å². The van der Waals surface area contributed by atoms with Gasteiger partial charge in [0.25, 0.3) is 0 Å². The molecule has 0 rings (SSSR count). The van der Waals surface area contributed by atoms with Crippen LogP contribution in [0, 0.1) is 5.92 Å². The summed E-state index contributed by atoms with van der Waals surface area (Å²) in [6, 6.07) is 0. The third-order valence-electron chi connectivity index (χ3n) is 10.6. The maximum atomic E-state index is 9.04. The van der Waals surface area contributed by atoms with Crippen LogP contribution in [0.25, 0.3) is 0 Å². The summed E-state index contributed by atoms with van der Waals surface area (Å²) in [4.78, 5) is 2.69. The van der Waals surface area contributed by atoms with Crippen LogP contribution >= 0.6 is 0 Å². The Labute approximate surface area is 292 Å². The molecule has 46 heavy (non-hydrogen) atoms. The first-order valence-corrected chi connectivity index (χ1v) is 21.9. The van der Waals surface area contributed by atoms with Gasteiger partial charge in [-0.3, -0.25) is 0 Å². The first kappa shape index (κ1) is 45.9. The van der Waals surface area contributed by atoms with Crippen LogP contribution < -0.4 is 5.48 Å². The molecule has 0 unspecified atom stereocenters. The van der Waals surface area contributed by atoms with Crippen molar-refractivity contribution in [2.24, 2.45) is 5.92 Å². The molecule has 0 aromatic rings. The second kappa shape index (κ2) is 41.1. The summed E-state index contributed by atoms with van der Waals surface area (Å²) in [5.74, 6) is 0.998. The highest BCUT2D eigenvalue weighted by molar-refractivity contribution is 4.64. The zero-order valence-electron chi connectivity index (χ0n) is 32.5. The predicted molar refractivity (Wildman–Crippen MR) is 208 cm³/mol. The van der Waals surface area contributed by atoms with E-state index in [1.54, 1.807) is 0 Å². The van der Waals surface area contributed by atoms with Gasteiger partial charge in [0.05, 0.1) is 0 Å². The Morgan fingerprint density at radius 2 is 0.609 bits per heavy atom. The zero-order valence-corrected chi connectivity index (χ0v) is 32.5. The molecule has 0 aromatic carbocycles. The van der Waals surface area contributed by atoms with Crippen LogP contribution in [-0.2, 0) is 0 Å². The van der Waals surface area contributed by atoms with Crippen molar-refractivity contribution < 1.29 is 5.21 Å². The van der Waals surface area contributed by atoms with Crippen LogP contribution in [0.3, 0.4) is 0 Å². The number of rotatable bonds is 41. The molecule has 0 spiro atoms. The quantitative estimate of drug-likeness (QED) is 0.0510. The van der Waals surface area contributed by atoms with Gasteiger partial charge < -0.3 is 10.1 Å². The Hall–Kier alpha value is -0.120. The fourth-order valence-electron chi connectivity index (χ4n) is 7.41. The van der Waals surface area contributed by atoms with E-state index in [1.807, 2.05) is 0 Å². The fourth-order valence-corrected chi connectivity index (χ4v) is 7.41. The molecule has 0 radical (unpaired) electrons. The summed E-state index contributed by atoms with van der Waals surface area (Å²) in [7, 11) is 0. The molecule has 0 saturated carbocycles. The van der Waals surface area contributed by atoms with Crippen molar-refractivity contribution in [1.29, 1.82) is 0 Å². The highest BCUT2D eigenvalue weighted by atomic mass is 16.5. The number of nitrogens with one attached hydrogen (secondary N) is 1. The molecule has 0 aliphatic heterocycles. The molecule has 3 heteroatoms. The fraction of sp³-hybridized carbons (Fsp3) is 1.00. The lowest BCUT2D eigenvalue weighted by Crippen LogP contribution is -2.29. The SMILES string of the molecule is CCCCCCCCCCCCCCCCN(CCCCCCCC(CCCCCCCC)CCCCCCCC)CCCNO. The lowest BCUT2D eigenvalue weighted by atomic mass is 9.89. The van der Waals surface area contributed by atoms with E-state index < -0.39 is 0 Å². The molecule has 0 heterocycles. The van der Waals surface area contributed by atoms with Crippen molar-refractivity contribution in [2.75, 3.05) is 26.2 Å². The van der Waals surface area contributed by atoms with E-state index in [2.05, 4.69) is 31.2 Å². The van der Waals surface area contributed by atoms with Crippen LogP contribution in [0.15, 0.2) is 0 Å². The molecule has 0 aromatic heterocycles. The maximum absolute atomic E-state index is 9.04. The standard InChI is InChI=1S/C43H90N2O/c1-4-7-10-13-16-17-18-19-20-21-22-23-28-33-40-45(42-35-39-44-46)41-34-29-24-27-32-38-43(36-30-25-14-11-8-5-2)37-31-26-15-12-9-6-3/h43-44,46H,4-42H2,1-3H3. The van der Waals surface area contributed by atoms with Crippen LogP contribution in [0.1, 0.15) is 245 Å². The summed E-state index contributed by atoms with van der Waals surface area (Å²) >= 11 is 0. The van der Waals surface area contributed by atoms with Crippen molar-refractivity contribution >= 4 is 0 Å². The normalized spacial score (nSPS) is 11.9. The second-order valence-electron chi connectivity index (χ2n) is 15.2. The predicted octanol–water partition coefficient (Wildman–Crippen LogP) is 14.6. The third kappa shape index (κ3) is 36.7. The lowest BCUT2D eigenvalue weighted by Gasteiger charge is -2.22. The topological polar surface area (TPSA) is 35.5 Å². The van der Waals surface area contributed by atoms with Crippen LogP contribution in [0.5, 0.6) is 0 Å². The van der Waals surface area contributed by atoms with Gasteiger partial charge in [0.1, 0.15) is 0 Å².